The summed E-state index contributed by atoms with van der Waals surface area (Å²) >= 11 is 5.66. The van der Waals surface area contributed by atoms with Crippen LogP contribution in [0.1, 0.15) is 19.3 Å². The van der Waals surface area contributed by atoms with E-state index in [0.717, 1.165) is 6.42 Å². The van der Waals surface area contributed by atoms with E-state index in [4.69, 9.17) is 22.1 Å². The molecule has 0 radical (unpaired) electrons. The maximum atomic E-state index is 14.0. The highest BCUT2D eigenvalue weighted by Gasteiger charge is 2.32. The van der Waals surface area contributed by atoms with Crippen molar-refractivity contribution in [1.82, 2.24) is 4.31 Å². The van der Waals surface area contributed by atoms with Crippen LogP contribution in [0.2, 0.25) is 5.02 Å². The highest BCUT2D eigenvalue weighted by Crippen LogP contribution is 2.27. The summed E-state index contributed by atoms with van der Waals surface area (Å²) in [5, 5.41) is -0.193. The molecule has 1 aromatic carbocycles. The van der Waals surface area contributed by atoms with Crippen molar-refractivity contribution in [2.24, 2.45) is 5.73 Å². The molecule has 5 nitrogen and oxygen atoms in total. The molecule has 1 fully saturated rings. The first kappa shape index (κ1) is 20.6. The number of piperidine rings is 1. The van der Waals surface area contributed by atoms with Gasteiger partial charge in [-0.15, -0.1) is 12.4 Å². The first-order valence-electron chi connectivity index (χ1n) is 7.22. The molecule has 0 unspecified atom stereocenters. The zero-order chi connectivity index (χ0) is 16.2. The third kappa shape index (κ3) is 5.01. The smallest absolute Gasteiger partial charge is 0.246 e. The van der Waals surface area contributed by atoms with Crippen LogP contribution in [-0.4, -0.2) is 45.1 Å². The van der Waals surface area contributed by atoms with Gasteiger partial charge in [0.25, 0.3) is 0 Å². The molecule has 0 spiro atoms. The Morgan fingerprint density at radius 2 is 2.00 bits per heavy atom. The van der Waals surface area contributed by atoms with Crippen LogP contribution in [-0.2, 0) is 14.8 Å². The monoisotopic (exact) mass is 386 g/mol. The Labute approximate surface area is 147 Å². The zero-order valence-electron chi connectivity index (χ0n) is 12.6. The van der Waals surface area contributed by atoms with Crippen LogP contribution in [0.4, 0.5) is 4.39 Å². The van der Waals surface area contributed by atoms with E-state index >= 15 is 0 Å². The van der Waals surface area contributed by atoms with Crippen molar-refractivity contribution in [2.75, 3.05) is 26.2 Å². The summed E-state index contributed by atoms with van der Waals surface area (Å²) in [6.07, 6.45) is 1.99. The number of benzene rings is 1. The van der Waals surface area contributed by atoms with E-state index in [9.17, 15) is 12.8 Å². The zero-order valence-corrected chi connectivity index (χ0v) is 15.0. The fourth-order valence-electron chi connectivity index (χ4n) is 2.39. The number of hydrogen-bond donors (Lipinski definition) is 1. The number of nitrogens with zero attached hydrogens (tertiary/aromatic N) is 1. The third-order valence-electron chi connectivity index (χ3n) is 3.64. The Bertz CT molecular complexity index is 608. The van der Waals surface area contributed by atoms with Crippen molar-refractivity contribution in [2.45, 2.75) is 30.3 Å². The molecule has 0 atom stereocenters. The molecule has 9 heteroatoms. The Morgan fingerprint density at radius 1 is 1.35 bits per heavy atom. The molecule has 0 saturated carbocycles. The lowest BCUT2D eigenvalue weighted by Crippen LogP contribution is -2.41. The van der Waals surface area contributed by atoms with Gasteiger partial charge in [-0.25, -0.2) is 12.8 Å². The van der Waals surface area contributed by atoms with E-state index in [1.54, 1.807) is 0 Å². The highest BCUT2D eigenvalue weighted by atomic mass is 35.5. The van der Waals surface area contributed by atoms with Gasteiger partial charge in [-0.2, -0.15) is 4.31 Å². The van der Waals surface area contributed by atoms with Gasteiger partial charge in [-0.1, -0.05) is 17.7 Å². The van der Waals surface area contributed by atoms with Crippen molar-refractivity contribution < 1.29 is 17.5 Å². The topological polar surface area (TPSA) is 72.6 Å². The summed E-state index contributed by atoms with van der Waals surface area (Å²) in [5.41, 5.74) is 5.40. The molecule has 1 aliphatic rings. The van der Waals surface area contributed by atoms with Crippen molar-refractivity contribution in [3.05, 3.63) is 29.0 Å². The number of ether oxygens (including phenoxy) is 1. The Kier molecular flexibility index (Phi) is 8.20. The van der Waals surface area contributed by atoms with Crippen molar-refractivity contribution in [3.63, 3.8) is 0 Å². The summed E-state index contributed by atoms with van der Waals surface area (Å²) in [5.74, 6) is -0.898. The number of nitrogens with two attached hydrogens (primary N) is 1. The van der Waals surface area contributed by atoms with Crippen LogP contribution in [0.15, 0.2) is 23.1 Å². The van der Waals surface area contributed by atoms with Gasteiger partial charge in [0, 0.05) is 19.7 Å². The number of hydrogen-bond acceptors (Lipinski definition) is 4. The standard InChI is InChI=1S/C14H20ClFN2O3S.ClH/c15-12-3-1-4-13(14(12)16)22(19,20)18-8-5-11(6-9-18)21-10-2-7-17;/h1,3-4,11H,2,5-10,17H2;1H. The van der Waals surface area contributed by atoms with Crippen LogP contribution in [0.3, 0.4) is 0 Å². The molecule has 1 aromatic rings. The number of halogens is 3. The molecule has 23 heavy (non-hydrogen) atoms. The fourth-order valence-corrected chi connectivity index (χ4v) is 4.18. The number of rotatable bonds is 6. The molecular weight excluding hydrogens is 366 g/mol. The van der Waals surface area contributed by atoms with Crippen LogP contribution >= 0.6 is 24.0 Å². The lowest BCUT2D eigenvalue weighted by atomic mass is 10.1. The van der Waals surface area contributed by atoms with Gasteiger partial charge in [-0.3, -0.25) is 0 Å². The summed E-state index contributed by atoms with van der Waals surface area (Å²) in [7, 11) is -3.87. The molecule has 1 aliphatic heterocycles. The van der Waals surface area contributed by atoms with Gasteiger partial charge in [0.15, 0.2) is 5.82 Å². The Morgan fingerprint density at radius 3 is 2.61 bits per heavy atom. The minimum atomic E-state index is -3.87. The summed E-state index contributed by atoms with van der Waals surface area (Å²) in [6.45, 7) is 1.77. The Balaban J connectivity index is 0.00000264. The van der Waals surface area contributed by atoms with Crippen LogP contribution in [0.25, 0.3) is 0 Å². The molecular formula is C14H21Cl2FN2O3S. The highest BCUT2D eigenvalue weighted by molar-refractivity contribution is 7.89. The molecule has 0 amide bonds. The molecule has 0 aliphatic carbocycles. The fraction of sp³-hybridized carbons (Fsp3) is 0.571. The largest absolute Gasteiger partial charge is 0.378 e. The Hall–Kier alpha value is -0.440. The molecule has 2 N–H and O–H groups in total. The predicted molar refractivity (Wildman–Crippen MR) is 90.1 cm³/mol. The van der Waals surface area contributed by atoms with Gasteiger partial charge >= 0.3 is 0 Å². The lowest BCUT2D eigenvalue weighted by Gasteiger charge is -2.31. The second kappa shape index (κ2) is 9.15. The average molecular weight is 387 g/mol. The van der Waals surface area contributed by atoms with Crippen molar-refractivity contribution in [1.29, 1.82) is 0 Å². The average Bonchev–Trinajstić information content (AvgIpc) is 2.50. The lowest BCUT2D eigenvalue weighted by molar-refractivity contribution is 0.0208. The normalized spacial score (nSPS) is 17.0. The van der Waals surface area contributed by atoms with Crippen LogP contribution in [0, 0.1) is 5.82 Å². The van der Waals surface area contributed by atoms with Gasteiger partial charge in [-0.05, 0) is 37.9 Å². The van der Waals surface area contributed by atoms with E-state index in [2.05, 4.69) is 0 Å². The molecule has 1 saturated heterocycles. The summed E-state index contributed by atoms with van der Waals surface area (Å²) in [4.78, 5) is -0.373. The summed E-state index contributed by atoms with van der Waals surface area (Å²) in [6, 6.07) is 3.99. The van der Waals surface area contributed by atoms with Crippen molar-refractivity contribution >= 4 is 34.0 Å². The maximum Gasteiger partial charge on any atom is 0.246 e. The minimum absolute atomic E-state index is 0. The molecule has 1 heterocycles. The van der Waals surface area contributed by atoms with Crippen LogP contribution in [0.5, 0.6) is 0 Å². The number of sulfonamides is 1. The maximum absolute atomic E-state index is 14.0. The van der Waals surface area contributed by atoms with Gasteiger partial charge in [0.1, 0.15) is 4.90 Å². The van der Waals surface area contributed by atoms with Crippen molar-refractivity contribution in [3.8, 4) is 0 Å². The van der Waals surface area contributed by atoms with E-state index in [1.807, 2.05) is 0 Å². The van der Waals surface area contributed by atoms with Gasteiger partial charge in [0.05, 0.1) is 11.1 Å². The van der Waals surface area contributed by atoms with E-state index in [1.165, 1.54) is 22.5 Å². The van der Waals surface area contributed by atoms with Crippen LogP contribution < -0.4 is 5.73 Å². The molecule has 0 bridgehead atoms. The molecule has 132 valence electrons. The van der Waals surface area contributed by atoms with E-state index in [0.29, 0.717) is 39.1 Å². The summed E-state index contributed by atoms with van der Waals surface area (Å²) < 4.78 is 45.9. The SMILES string of the molecule is Cl.NCCCOC1CCN(S(=O)(=O)c2cccc(Cl)c2F)CC1. The van der Waals surface area contributed by atoms with E-state index < -0.39 is 15.8 Å². The van der Waals surface area contributed by atoms with Gasteiger partial charge in [0.2, 0.25) is 10.0 Å². The second-order valence-electron chi connectivity index (χ2n) is 5.17. The first-order valence-corrected chi connectivity index (χ1v) is 9.04. The second-order valence-corrected chi connectivity index (χ2v) is 7.48. The van der Waals surface area contributed by atoms with Gasteiger partial charge < -0.3 is 10.5 Å². The third-order valence-corrected chi connectivity index (χ3v) is 5.84. The minimum Gasteiger partial charge on any atom is -0.378 e. The quantitative estimate of drug-likeness (QED) is 0.761. The predicted octanol–water partition coefficient (Wildman–Crippen LogP) is 2.42. The first-order chi connectivity index (χ1) is 10.5. The molecule has 0 aromatic heterocycles. The molecule has 2 rings (SSSR count). The van der Waals surface area contributed by atoms with E-state index in [-0.39, 0.29) is 28.4 Å².